The molecule has 0 spiro atoms. The molecule has 0 radical (unpaired) electrons. The van der Waals surface area contributed by atoms with Crippen molar-refractivity contribution in [1.82, 2.24) is 0 Å². The number of alkyl halides is 2. The van der Waals surface area contributed by atoms with Crippen molar-refractivity contribution in [1.29, 1.82) is 0 Å². The highest BCUT2D eigenvalue weighted by atomic mass is 79.9. The average molecular weight is 411 g/mol. The summed E-state index contributed by atoms with van der Waals surface area (Å²) < 4.78 is 15.3. The summed E-state index contributed by atoms with van der Waals surface area (Å²) in [5.41, 5.74) is 0.637. The predicted molar refractivity (Wildman–Crippen MR) is 99.3 cm³/mol. The molecule has 0 N–H and O–H groups in total. The molecule has 0 bridgehead atoms. The summed E-state index contributed by atoms with van der Waals surface area (Å²) >= 11 is 3.96. The molecular weight excluding hydrogens is 383 g/mol. The lowest BCUT2D eigenvalue weighted by Crippen LogP contribution is -2.65. The fraction of sp³-hybridized carbons (Fsp3) is 0.810. The molecule has 25 heavy (non-hydrogen) atoms. The van der Waals surface area contributed by atoms with Crippen LogP contribution in [0, 0.1) is 28.6 Å². The third-order valence-electron chi connectivity index (χ3n) is 8.49. The van der Waals surface area contributed by atoms with Crippen LogP contribution in [0.2, 0.25) is 0 Å². The zero-order valence-corrected chi connectivity index (χ0v) is 17.0. The van der Waals surface area contributed by atoms with Crippen molar-refractivity contribution >= 4 is 27.5 Å². The van der Waals surface area contributed by atoms with Gasteiger partial charge in [0.05, 0.1) is 4.32 Å². The molecule has 0 heterocycles. The Bertz CT molecular complexity index is 673. The Hall–Kier alpha value is -0.510. The topological polar surface area (TPSA) is 34.1 Å². The fourth-order valence-corrected chi connectivity index (χ4v) is 8.33. The van der Waals surface area contributed by atoms with Crippen molar-refractivity contribution in [2.75, 3.05) is 0 Å². The Labute approximate surface area is 158 Å². The molecule has 4 aliphatic carbocycles. The molecule has 2 nitrogen and oxygen atoms in total. The van der Waals surface area contributed by atoms with Gasteiger partial charge in [0.1, 0.15) is 12.0 Å². The molecule has 0 amide bonds. The Morgan fingerprint density at radius 1 is 1.20 bits per heavy atom. The van der Waals surface area contributed by atoms with Gasteiger partial charge >= 0.3 is 0 Å². The van der Waals surface area contributed by atoms with Crippen LogP contribution in [0.3, 0.4) is 0 Å². The maximum absolute atomic E-state index is 15.9. The van der Waals surface area contributed by atoms with E-state index in [1.807, 2.05) is 0 Å². The fourth-order valence-electron chi connectivity index (χ4n) is 7.17. The van der Waals surface area contributed by atoms with E-state index in [0.29, 0.717) is 18.8 Å². The first-order valence-electron chi connectivity index (χ1n) is 9.72. The monoisotopic (exact) mass is 410 g/mol. The third-order valence-corrected chi connectivity index (χ3v) is 10.4. The predicted octanol–water partition coefficient (Wildman–Crippen LogP) is 5.19. The molecule has 4 rings (SSSR count). The van der Waals surface area contributed by atoms with Gasteiger partial charge in [-0.2, -0.15) is 0 Å². The van der Waals surface area contributed by atoms with E-state index in [4.69, 9.17) is 0 Å². The van der Waals surface area contributed by atoms with E-state index in [1.54, 1.807) is 13.0 Å². The van der Waals surface area contributed by atoms with Crippen molar-refractivity contribution in [2.45, 2.75) is 76.2 Å². The Balaban J connectivity index is 1.79. The highest BCUT2D eigenvalue weighted by molar-refractivity contribution is 9.10. The molecule has 0 aromatic carbocycles. The molecule has 3 saturated carbocycles. The largest absolute Gasteiger partial charge is 0.300 e. The minimum absolute atomic E-state index is 0.00507. The van der Waals surface area contributed by atoms with E-state index in [9.17, 15) is 9.59 Å². The van der Waals surface area contributed by atoms with Gasteiger partial charge in [-0.3, -0.25) is 9.59 Å². The Morgan fingerprint density at radius 3 is 2.60 bits per heavy atom. The van der Waals surface area contributed by atoms with Crippen LogP contribution in [0.5, 0.6) is 0 Å². The Morgan fingerprint density at radius 2 is 1.92 bits per heavy atom. The van der Waals surface area contributed by atoms with Gasteiger partial charge in [-0.1, -0.05) is 35.4 Å². The molecular formula is C21H28BrFO2. The highest BCUT2D eigenvalue weighted by Gasteiger charge is 2.69. The van der Waals surface area contributed by atoms with Gasteiger partial charge in [0.25, 0.3) is 0 Å². The van der Waals surface area contributed by atoms with E-state index >= 15 is 4.39 Å². The summed E-state index contributed by atoms with van der Waals surface area (Å²) in [5, 5.41) is 0. The summed E-state index contributed by atoms with van der Waals surface area (Å²) in [5.74, 6) is 1.05. The van der Waals surface area contributed by atoms with E-state index in [-0.39, 0.29) is 34.2 Å². The number of hydrogen-bond donors (Lipinski definition) is 0. The molecule has 0 saturated heterocycles. The van der Waals surface area contributed by atoms with Crippen LogP contribution >= 0.6 is 15.9 Å². The number of Topliss-reactive ketones (excluding diaryl/α,β-unsaturated/α-hetero) is 1. The zero-order valence-electron chi connectivity index (χ0n) is 15.4. The summed E-state index contributed by atoms with van der Waals surface area (Å²) in [6.07, 6.45) is 6.28. The average Bonchev–Trinajstić information content (AvgIpc) is 2.87. The number of ketones is 2. The highest BCUT2D eigenvalue weighted by Crippen LogP contribution is 2.71. The maximum atomic E-state index is 15.9. The van der Waals surface area contributed by atoms with Gasteiger partial charge in [-0.15, -0.1) is 0 Å². The standard InChI is InChI=1S/C21H28BrFO2/c1-12(24)15-6-7-16-17-5-4-13-10-14(25)8-9-20(13,3)21(17,22)18(23)11-19(15,16)2/h10,15-18H,4-9,11H2,1-3H3/t15-,16+,17+,18+,19+,20-,21+/m0/s1. The summed E-state index contributed by atoms with van der Waals surface area (Å²) in [7, 11) is 0. The lowest BCUT2D eigenvalue weighted by molar-refractivity contribution is -0.130. The van der Waals surface area contributed by atoms with Crippen molar-refractivity contribution < 1.29 is 14.0 Å². The van der Waals surface area contributed by atoms with Gasteiger partial charge < -0.3 is 0 Å². The normalized spacial score (nSPS) is 52.0. The van der Waals surface area contributed by atoms with Crippen LogP contribution in [0.1, 0.15) is 65.7 Å². The lowest BCUT2D eigenvalue weighted by Gasteiger charge is -2.64. The smallest absolute Gasteiger partial charge is 0.155 e. The first-order chi connectivity index (χ1) is 11.6. The van der Waals surface area contributed by atoms with Gasteiger partial charge in [0, 0.05) is 17.8 Å². The minimum atomic E-state index is -0.986. The van der Waals surface area contributed by atoms with Crippen LogP contribution in [-0.4, -0.2) is 22.1 Å². The number of rotatable bonds is 1. The molecule has 138 valence electrons. The summed E-state index contributed by atoms with van der Waals surface area (Å²) in [6, 6.07) is 0. The van der Waals surface area contributed by atoms with E-state index in [1.165, 1.54) is 0 Å². The molecule has 0 aromatic heterocycles. The quantitative estimate of drug-likeness (QED) is 0.557. The molecule has 4 aliphatic rings. The van der Waals surface area contributed by atoms with Crippen LogP contribution in [0.25, 0.3) is 0 Å². The van der Waals surface area contributed by atoms with E-state index in [0.717, 1.165) is 37.7 Å². The molecule has 4 heteroatoms. The molecule has 0 aromatic rings. The van der Waals surface area contributed by atoms with E-state index < -0.39 is 10.5 Å². The number of carbonyl (C=O) groups excluding carboxylic acids is 2. The van der Waals surface area contributed by atoms with Crippen LogP contribution in [0.15, 0.2) is 11.6 Å². The second-order valence-corrected chi connectivity index (χ2v) is 10.7. The second kappa shape index (κ2) is 5.50. The van der Waals surface area contributed by atoms with Gasteiger partial charge in [0.2, 0.25) is 0 Å². The van der Waals surface area contributed by atoms with Crippen molar-refractivity contribution in [3.05, 3.63) is 11.6 Å². The lowest BCUT2D eigenvalue weighted by atomic mass is 9.46. The maximum Gasteiger partial charge on any atom is 0.155 e. The first kappa shape index (κ1) is 17.9. The molecule has 3 fully saturated rings. The van der Waals surface area contributed by atoms with Crippen LogP contribution < -0.4 is 0 Å². The summed E-state index contributed by atoms with van der Waals surface area (Å²) in [6.45, 7) is 6.00. The number of allylic oxidation sites excluding steroid dienone is 1. The van der Waals surface area contributed by atoms with Gasteiger partial charge in [-0.05, 0) is 68.8 Å². The Kier molecular flexibility index (Phi) is 3.93. The van der Waals surface area contributed by atoms with Crippen molar-refractivity contribution in [2.24, 2.45) is 28.6 Å². The SMILES string of the molecule is CC(=O)[C@@H]1CC[C@@H]2[C@H]3CCC4=CC(=O)CC[C@]4(C)[C@]3(Br)[C@H](F)C[C@@]21C. The number of fused-ring (bicyclic) bond motifs is 5. The second-order valence-electron chi connectivity index (χ2n) is 9.41. The van der Waals surface area contributed by atoms with Gasteiger partial charge in [-0.25, -0.2) is 4.39 Å². The third kappa shape index (κ3) is 2.12. The molecule has 0 unspecified atom stereocenters. The van der Waals surface area contributed by atoms with Gasteiger partial charge in [0.15, 0.2) is 5.78 Å². The van der Waals surface area contributed by atoms with Crippen molar-refractivity contribution in [3.63, 3.8) is 0 Å². The van der Waals surface area contributed by atoms with E-state index in [2.05, 4.69) is 29.8 Å². The molecule has 0 aliphatic heterocycles. The number of carbonyl (C=O) groups is 2. The number of hydrogen-bond acceptors (Lipinski definition) is 2. The van der Waals surface area contributed by atoms with Crippen LogP contribution in [-0.2, 0) is 9.59 Å². The minimum Gasteiger partial charge on any atom is -0.300 e. The zero-order chi connectivity index (χ0) is 18.2. The summed E-state index contributed by atoms with van der Waals surface area (Å²) in [4.78, 5) is 24.1. The first-order valence-corrected chi connectivity index (χ1v) is 10.5. The number of halogens is 2. The van der Waals surface area contributed by atoms with Crippen molar-refractivity contribution in [3.8, 4) is 0 Å². The molecule has 7 atom stereocenters. The van der Waals surface area contributed by atoms with Crippen LogP contribution in [0.4, 0.5) is 4.39 Å².